The first kappa shape index (κ1) is 22.9. The molecule has 0 bridgehead atoms. The average Bonchev–Trinajstić information content (AvgIpc) is 3.00. The van der Waals surface area contributed by atoms with Gasteiger partial charge in [0.1, 0.15) is 5.75 Å². The molecule has 0 saturated heterocycles. The van der Waals surface area contributed by atoms with Crippen LogP contribution in [0, 0.1) is 0 Å². The van der Waals surface area contributed by atoms with Crippen molar-refractivity contribution in [2.75, 3.05) is 0 Å². The maximum atomic E-state index is 12.1. The number of hydrogen-bond acceptors (Lipinski definition) is 5. The van der Waals surface area contributed by atoms with E-state index < -0.39 is 17.8 Å². The standard InChI is InChI=1S/C22H22Cl2N2O5/c1-14(21(27)28)30-17-9-5-15(6-10-17)3-2-4-20-25-26(22(29)31-20)13-16-7-11-18(23)19(24)12-8-16/h5-7,9-12,14H,2-4,8,13H2,1H3,(H,27,28). The lowest BCUT2D eigenvalue weighted by Crippen LogP contribution is -2.22. The number of halogens is 2. The van der Waals surface area contributed by atoms with E-state index in [0.717, 1.165) is 24.0 Å². The predicted octanol–water partition coefficient (Wildman–Crippen LogP) is 4.44. The average molecular weight is 465 g/mol. The molecule has 0 fully saturated rings. The van der Waals surface area contributed by atoms with Crippen molar-refractivity contribution in [3.8, 4) is 5.75 Å². The number of hydrogen-bond donors (Lipinski definition) is 1. The molecule has 9 heteroatoms. The van der Waals surface area contributed by atoms with Gasteiger partial charge in [0.15, 0.2) is 6.10 Å². The molecule has 0 spiro atoms. The molecule has 31 heavy (non-hydrogen) atoms. The molecule has 1 aliphatic rings. The Morgan fingerprint density at radius 1 is 1.23 bits per heavy atom. The van der Waals surface area contributed by atoms with E-state index in [0.29, 0.717) is 41.1 Å². The molecule has 1 aliphatic carbocycles. The summed E-state index contributed by atoms with van der Waals surface area (Å²) in [5, 5.41) is 14.1. The third kappa shape index (κ3) is 6.60. The van der Waals surface area contributed by atoms with Gasteiger partial charge in [0.25, 0.3) is 0 Å². The number of aryl methyl sites for hydroxylation is 2. The summed E-state index contributed by atoms with van der Waals surface area (Å²) < 4.78 is 11.9. The van der Waals surface area contributed by atoms with Crippen molar-refractivity contribution in [3.05, 3.63) is 80.1 Å². The Kier molecular flexibility index (Phi) is 7.76. The van der Waals surface area contributed by atoms with Gasteiger partial charge in [-0.15, -0.1) is 5.10 Å². The predicted molar refractivity (Wildman–Crippen MR) is 118 cm³/mol. The number of carboxylic acid groups (broad SMARTS) is 1. The zero-order chi connectivity index (χ0) is 22.4. The van der Waals surface area contributed by atoms with Crippen molar-refractivity contribution < 1.29 is 19.1 Å². The van der Waals surface area contributed by atoms with Gasteiger partial charge in [-0.05, 0) is 55.5 Å². The second-order valence-corrected chi connectivity index (χ2v) is 7.93. The summed E-state index contributed by atoms with van der Waals surface area (Å²) in [6, 6.07) is 7.25. The molecule has 3 rings (SSSR count). The van der Waals surface area contributed by atoms with Crippen LogP contribution in [0.1, 0.15) is 31.2 Å². The van der Waals surface area contributed by atoms with Crippen LogP contribution in [-0.2, 0) is 24.2 Å². The fourth-order valence-electron chi connectivity index (χ4n) is 2.95. The van der Waals surface area contributed by atoms with E-state index in [1.807, 2.05) is 18.2 Å². The minimum atomic E-state index is -1.01. The Balaban J connectivity index is 1.52. The molecule has 1 aromatic carbocycles. The summed E-state index contributed by atoms with van der Waals surface area (Å²) in [6.07, 6.45) is 7.02. The lowest BCUT2D eigenvalue weighted by molar-refractivity contribution is -0.144. The summed E-state index contributed by atoms with van der Waals surface area (Å²) >= 11 is 12.0. The first-order chi connectivity index (χ1) is 14.8. The fourth-order valence-corrected chi connectivity index (χ4v) is 3.23. The van der Waals surface area contributed by atoms with Crippen LogP contribution in [0.2, 0.25) is 0 Å². The lowest BCUT2D eigenvalue weighted by Gasteiger charge is -2.10. The van der Waals surface area contributed by atoms with E-state index in [9.17, 15) is 9.59 Å². The largest absolute Gasteiger partial charge is 0.479 e. The number of carboxylic acids is 1. The summed E-state index contributed by atoms with van der Waals surface area (Å²) in [7, 11) is 0. The number of allylic oxidation sites excluding steroid dienone is 6. The van der Waals surface area contributed by atoms with Gasteiger partial charge < -0.3 is 14.3 Å². The molecule has 0 aliphatic heterocycles. The summed E-state index contributed by atoms with van der Waals surface area (Å²) in [4.78, 5) is 22.9. The quantitative estimate of drug-likeness (QED) is 0.589. The number of carbonyl (C=O) groups is 1. The molecular weight excluding hydrogens is 443 g/mol. The van der Waals surface area contributed by atoms with Crippen molar-refractivity contribution in [1.82, 2.24) is 9.78 Å². The number of rotatable bonds is 9. The molecule has 1 unspecified atom stereocenters. The normalized spacial score (nSPS) is 14.9. The van der Waals surface area contributed by atoms with Crippen LogP contribution in [0.15, 0.2) is 67.3 Å². The summed E-state index contributed by atoms with van der Waals surface area (Å²) in [6.45, 7) is 1.78. The molecule has 0 amide bonds. The van der Waals surface area contributed by atoms with E-state index in [-0.39, 0.29) is 0 Å². The second kappa shape index (κ2) is 10.5. The van der Waals surface area contributed by atoms with Gasteiger partial charge in [-0.2, -0.15) is 4.68 Å². The monoisotopic (exact) mass is 464 g/mol. The maximum absolute atomic E-state index is 12.1. The highest BCUT2D eigenvalue weighted by Gasteiger charge is 2.13. The Labute approximate surface area is 189 Å². The Hall–Kier alpha value is -2.77. The second-order valence-electron chi connectivity index (χ2n) is 7.11. The summed E-state index contributed by atoms with van der Waals surface area (Å²) in [5.41, 5.74) is 2.00. The minimum absolute atomic E-state index is 0.305. The highest BCUT2D eigenvalue weighted by molar-refractivity contribution is 6.44. The smallest absolute Gasteiger partial charge is 0.437 e. The minimum Gasteiger partial charge on any atom is -0.479 e. The molecule has 1 aromatic heterocycles. The van der Waals surface area contributed by atoms with Gasteiger partial charge in [-0.3, -0.25) is 0 Å². The molecule has 164 valence electrons. The van der Waals surface area contributed by atoms with Crippen LogP contribution in [0.4, 0.5) is 0 Å². The highest BCUT2D eigenvalue weighted by atomic mass is 35.5. The topological polar surface area (TPSA) is 94.6 Å². The van der Waals surface area contributed by atoms with Gasteiger partial charge in [0.05, 0.1) is 16.6 Å². The van der Waals surface area contributed by atoms with Gasteiger partial charge in [-0.25, -0.2) is 9.59 Å². The first-order valence-corrected chi connectivity index (χ1v) is 10.5. The molecule has 0 radical (unpaired) electrons. The number of benzene rings is 1. The van der Waals surface area contributed by atoms with Crippen molar-refractivity contribution in [3.63, 3.8) is 0 Å². The van der Waals surface area contributed by atoms with Crippen LogP contribution in [0.3, 0.4) is 0 Å². The number of nitrogens with zero attached hydrogens (tertiary/aromatic N) is 2. The molecular formula is C22H22Cl2N2O5. The Morgan fingerprint density at radius 2 is 1.97 bits per heavy atom. The van der Waals surface area contributed by atoms with E-state index in [2.05, 4.69) is 5.10 Å². The van der Waals surface area contributed by atoms with Crippen LogP contribution >= 0.6 is 23.2 Å². The third-order valence-electron chi connectivity index (χ3n) is 4.68. The molecule has 1 N–H and O–H groups in total. The van der Waals surface area contributed by atoms with Gasteiger partial charge in [0, 0.05) is 6.42 Å². The van der Waals surface area contributed by atoms with Crippen molar-refractivity contribution in [1.29, 1.82) is 0 Å². The molecule has 7 nitrogen and oxygen atoms in total. The fraction of sp³-hybridized carbons (Fsp3) is 0.318. The van der Waals surface area contributed by atoms with Gasteiger partial charge >= 0.3 is 11.7 Å². The van der Waals surface area contributed by atoms with Crippen molar-refractivity contribution in [2.45, 2.75) is 45.3 Å². The number of ether oxygens (including phenoxy) is 1. The lowest BCUT2D eigenvalue weighted by atomic mass is 10.1. The Bertz CT molecular complexity index is 1080. The zero-order valence-corrected chi connectivity index (χ0v) is 18.4. The van der Waals surface area contributed by atoms with Gasteiger partial charge in [0.2, 0.25) is 5.89 Å². The molecule has 1 atom stereocenters. The molecule has 2 aromatic rings. The molecule has 1 heterocycles. The Morgan fingerprint density at radius 3 is 2.68 bits per heavy atom. The molecule has 0 saturated carbocycles. The van der Waals surface area contributed by atoms with Crippen LogP contribution in [0.25, 0.3) is 0 Å². The van der Waals surface area contributed by atoms with Crippen molar-refractivity contribution >= 4 is 29.2 Å². The van der Waals surface area contributed by atoms with Crippen LogP contribution in [0.5, 0.6) is 5.75 Å². The van der Waals surface area contributed by atoms with Crippen molar-refractivity contribution in [2.24, 2.45) is 0 Å². The van der Waals surface area contributed by atoms with E-state index in [1.54, 1.807) is 24.3 Å². The number of aromatic nitrogens is 2. The summed E-state index contributed by atoms with van der Waals surface area (Å²) in [5.74, 6) is -0.625. The van der Waals surface area contributed by atoms with E-state index in [1.165, 1.54) is 11.6 Å². The first-order valence-electron chi connectivity index (χ1n) is 9.78. The maximum Gasteiger partial charge on any atom is 0.437 e. The van der Waals surface area contributed by atoms with Crippen LogP contribution < -0.4 is 10.5 Å². The number of aliphatic carboxylic acids is 1. The zero-order valence-electron chi connectivity index (χ0n) is 16.9. The highest BCUT2D eigenvalue weighted by Crippen LogP contribution is 2.24. The van der Waals surface area contributed by atoms with E-state index in [4.69, 9.17) is 37.5 Å². The third-order valence-corrected chi connectivity index (χ3v) is 5.46. The van der Waals surface area contributed by atoms with Crippen LogP contribution in [-0.4, -0.2) is 27.0 Å². The SMILES string of the molecule is CC(Oc1ccc(CCCc2nn(CC3=CC=C(Cl)C(Cl)=CC3)c(=O)o2)cc1)C(=O)O. The van der Waals surface area contributed by atoms with E-state index >= 15 is 0 Å². The van der Waals surface area contributed by atoms with Gasteiger partial charge in [-0.1, -0.05) is 47.5 Å².